The van der Waals surface area contributed by atoms with E-state index < -0.39 is 10.0 Å². The van der Waals surface area contributed by atoms with Crippen LogP contribution in [-0.2, 0) is 16.6 Å². The highest BCUT2D eigenvalue weighted by molar-refractivity contribution is 7.89. The van der Waals surface area contributed by atoms with Gasteiger partial charge in [0.15, 0.2) is 0 Å². The Labute approximate surface area is 121 Å². The minimum atomic E-state index is -3.61. The SMILES string of the molecule is CN(Cc1cn[nH]c1)S(=O)(=O)c1ccc(C(N)=S)nc1. The molecular weight excluding hydrogens is 298 g/mol. The van der Waals surface area contributed by atoms with Crippen LogP contribution in [0.15, 0.2) is 35.6 Å². The number of sulfonamides is 1. The molecule has 20 heavy (non-hydrogen) atoms. The van der Waals surface area contributed by atoms with E-state index in [-0.39, 0.29) is 16.4 Å². The summed E-state index contributed by atoms with van der Waals surface area (Å²) in [6.45, 7) is 0.218. The molecule has 0 aliphatic rings. The van der Waals surface area contributed by atoms with Crippen molar-refractivity contribution < 1.29 is 8.42 Å². The standard InChI is InChI=1S/C11H13N5O2S2/c1-16(7-8-4-14-15-5-8)20(17,18)9-2-3-10(11(12)19)13-6-9/h2-6H,7H2,1H3,(H2,12,19)(H,14,15). The van der Waals surface area contributed by atoms with Gasteiger partial charge in [-0.15, -0.1) is 0 Å². The van der Waals surface area contributed by atoms with Crippen LogP contribution in [0.2, 0.25) is 0 Å². The van der Waals surface area contributed by atoms with Crippen LogP contribution >= 0.6 is 12.2 Å². The first-order chi connectivity index (χ1) is 9.41. The predicted molar refractivity (Wildman–Crippen MR) is 77.4 cm³/mol. The fourth-order valence-electron chi connectivity index (χ4n) is 1.56. The number of nitrogens with two attached hydrogens (primary N) is 1. The molecule has 0 saturated carbocycles. The molecule has 106 valence electrons. The molecule has 2 rings (SSSR count). The van der Waals surface area contributed by atoms with Gasteiger partial charge in [-0.1, -0.05) is 12.2 Å². The molecule has 0 aliphatic carbocycles. The highest BCUT2D eigenvalue weighted by atomic mass is 32.2. The first-order valence-electron chi connectivity index (χ1n) is 5.61. The van der Waals surface area contributed by atoms with Gasteiger partial charge in [-0.25, -0.2) is 8.42 Å². The van der Waals surface area contributed by atoms with Gasteiger partial charge in [-0.3, -0.25) is 10.1 Å². The Hall–Kier alpha value is -1.84. The number of thiocarbonyl (C=S) groups is 1. The maximum absolute atomic E-state index is 12.3. The maximum Gasteiger partial charge on any atom is 0.244 e. The van der Waals surface area contributed by atoms with Crippen molar-refractivity contribution >= 4 is 27.2 Å². The number of H-pyrrole nitrogens is 1. The first-order valence-corrected chi connectivity index (χ1v) is 7.46. The molecule has 7 nitrogen and oxygen atoms in total. The Morgan fingerprint density at radius 1 is 1.45 bits per heavy atom. The molecular formula is C11H13N5O2S2. The molecule has 0 bridgehead atoms. The molecule has 2 heterocycles. The van der Waals surface area contributed by atoms with Gasteiger partial charge in [0, 0.05) is 31.5 Å². The van der Waals surface area contributed by atoms with E-state index in [1.807, 2.05) is 0 Å². The fourth-order valence-corrected chi connectivity index (χ4v) is 2.79. The highest BCUT2D eigenvalue weighted by Gasteiger charge is 2.21. The molecule has 0 amide bonds. The van der Waals surface area contributed by atoms with E-state index in [1.54, 1.807) is 12.4 Å². The summed E-state index contributed by atoms with van der Waals surface area (Å²) in [6.07, 6.45) is 4.45. The van der Waals surface area contributed by atoms with Crippen LogP contribution in [0, 0.1) is 0 Å². The Balaban J connectivity index is 2.23. The van der Waals surface area contributed by atoms with Crippen molar-refractivity contribution in [1.82, 2.24) is 19.5 Å². The van der Waals surface area contributed by atoms with Gasteiger partial charge in [0.2, 0.25) is 10.0 Å². The van der Waals surface area contributed by atoms with E-state index in [1.165, 1.54) is 29.7 Å². The number of aromatic nitrogens is 3. The van der Waals surface area contributed by atoms with Crippen LogP contribution < -0.4 is 5.73 Å². The molecule has 2 aromatic rings. The van der Waals surface area contributed by atoms with Crippen LogP contribution in [0.25, 0.3) is 0 Å². The summed E-state index contributed by atoms with van der Waals surface area (Å²) < 4.78 is 25.9. The van der Waals surface area contributed by atoms with Crippen molar-refractivity contribution in [3.05, 3.63) is 42.0 Å². The summed E-state index contributed by atoms with van der Waals surface area (Å²) in [6, 6.07) is 2.92. The number of nitrogens with zero attached hydrogens (tertiary/aromatic N) is 3. The fraction of sp³-hybridized carbons (Fsp3) is 0.182. The lowest BCUT2D eigenvalue weighted by Crippen LogP contribution is -2.26. The third kappa shape index (κ3) is 3.00. The summed E-state index contributed by atoms with van der Waals surface area (Å²) in [5.41, 5.74) is 6.57. The smallest absolute Gasteiger partial charge is 0.244 e. The third-order valence-electron chi connectivity index (χ3n) is 2.66. The Morgan fingerprint density at radius 2 is 2.20 bits per heavy atom. The minimum Gasteiger partial charge on any atom is -0.388 e. The quantitative estimate of drug-likeness (QED) is 0.767. The predicted octanol–water partition coefficient (Wildman–Crippen LogP) is 0.260. The van der Waals surface area contributed by atoms with Crippen molar-refractivity contribution in [2.45, 2.75) is 11.4 Å². The molecule has 0 atom stereocenters. The number of rotatable bonds is 5. The van der Waals surface area contributed by atoms with Crippen molar-refractivity contribution in [2.75, 3.05) is 7.05 Å². The number of nitrogens with one attached hydrogen (secondary N) is 1. The van der Waals surface area contributed by atoms with Crippen LogP contribution in [0.3, 0.4) is 0 Å². The van der Waals surface area contributed by atoms with Crippen LogP contribution in [0.1, 0.15) is 11.3 Å². The molecule has 0 radical (unpaired) electrons. The number of hydrogen-bond donors (Lipinski definition) is 2. The van der Waals surface area contributed by atoms with Gasteiger partial charge in [0.1, 0.15) is 9.88 Å². The second-order valence-electron chi connectivity index (χ2n) is 4.11. The van der Waals surface area contributed by atoms with Crippen molar-refractivity contribution in [3.8, 4) is 0 Å². The summed E-state index contributed by atoms with van der Waals surface area (Å²) in [7, 11) is -2.12. The lowest BCUT2D eigenvalue weighted by molar-refractivity contribution is 0.466. The van der Waals surface area contributed by atoms with E-state index in [9.17, 15) is 8.42 Å². The summed E-state index contributed by atoms with van der Waals surface area (Å²) in [5, 5.41) is 6.41. The van der Waals surface area contributed by atoms with Gasteiger partial charge in [-0.05, 0) is 12.1 Å². The minimum absolute atomic E-state index is 0.0866. The van der Waals surface area contributed by atoms with Gasteiger partial charge in [0.05, 0.1) is 11.9 Å². The molecule has 0 aliphatic heterocycles. The van der Waals surface area contributed by atoms with Gasteiger partial charge in [0.25, 0.3) is 0 Å². The van der Waals surface area contributed by atoms with Gasteiger partial charge in [-0.2, -0.15) is 9.40 Å². The highest BCUT2D eigenvalue weighted by Crippen LogP contribution is 2.15. The van der Waals surface area contributed by atoms with Crippen molar-refractivity contribution in [3.63, 3.8) is 0 Å². The van der Waals surface area contributed by atoms with Crippen molar-refractivity contribution in [2.24, 2.45) is 5.73 Å². The second kappa shape index (κ2) is 5.65. The van der Waals surface area contributed by atoms with E-state index in [0.29, 0.717) is 5.69 Å². The zero-order chi connectivity index (χ0) is 14.8. The van der Waals surface area contributed by atoms with E-state index >= 15 is 0 Å². The van der Waals surface area contributed by atoms with E-state index in [4.69, 9.17) is 18.0 Å². The van der Waals surface area contributed by atoms with Crippen molar-refractivity contribution in [1.29, 1.82) is 0 Å². The molecule has 0 aromatic carbocycles. The Kier molecular flexibility index (Phi) is 4.12. The zero-order valence-electron chi connectivity index (χ0n) is 10.6. The first kappa shape index (κ1) is 14.6. The number of pyridine rings is 1. The summed E-state index contributed by atoms with van der Waals surface area (Å²) in [4.78, 5) is 4.15. The van der Waals surface area contributed by atoms with Gasteiger partial charge < -0.3 is 5.73 Å². The topological polar surface area (TPSA) is 105 Å². The summed E-state index contributed by atoms with van der Waals surface area (Å²) in [5.74, 6) is 0. The number of aromatic amines is 1. The third-order valence-corrected chi connectivity index (χ3v) is 4.65. The average Bonchev–Trinajstić information content (AvgIpc) is 2.91. The maximum atomic E-state index is 12.3. The Morgan fingerprint density at radius 3 is 2.70 bits per heavy atom. The van der Waals surface area contributed by atoms with Crippen LogP contribution in [0.5, 0.6) is 0 Å². The lowest BCUT2D eigenvalue weighted by Gasteiger charge is -2.16. The largest absolute Gasteiger partial charge is 0.388 e. The molecule has 3 N–H and O–H groups in total. The zero-order valence-corrected chi connectivity index (χ0v) is 12.3. The van der Waals surface area contributed by atoms with Gasteiger partial charge >= 0.3 is 0 Å². The average molecular weight is 311 g/mol. The molecule has 0 unspecified atom stereocenters. The van der Waals surface area contributed by atoms with E-state index in [2.05, 4.69) is 15.2 Å². The molecule has 0 fully saturated rings. The summed E-state index contributed by atoms with van der Waals surface area (Å²) >= 11 is 4.77. The Bertz CT molecular complexity index is 695. The molecule has 2 aromatic heterocycles. The molecule has 0 spiro atoms. The van der Waals surface area contributed by atoms with Crippen LogP contribution in [0.4, 0.5) is 0 Å². The second-order valence-corrected chi connectivity index (χ2v) is 6.60. The van der Waals surface area contributed by atoms with Crippen LogP contribution in [-0.4, -0.2) is 39.9 Å². The van der Waals surface area contributed by atoms with E-state index in [0.717, 1.165) is 5.56 Å². The molecule has 9 heteroatoms. The molecule has 0 saturated heterocycles. The normalized spacial score (nSPS) is 11.7. The number of hydrogen-bond acceptors (Lipinski definition) is 5. The lowest BCUT2D eigenvalue weighted by atomic mass is 10.3. The monoisotopic (exact) mass is 311 g/mol.